The van der Waals surface area contributed by atoms with Crippen LogP contribution in [0.4, 0.5) is 17.2 Å². The first-order valence-corrected chi connectivity index (χ1v) is 22.1. The number of rotatable bonds is 14. The number of hydrogen-bond acceptors (Lipinski definition) is 11. The summed E-state index contributed by atoms with van der Waals surface area (Å²) >= 11 is 0. The van der Waals surface area contributed by atoms with E-state index in [4.69, 9.17) is 19.2 Å². The molecule has 1 saturated heterocycles. The van der Waals surface area contributed by atoms with Crippen molar-refractivity contribution in [3.8, 4) is 34.1 Å². The molecule has 2 N–H and O–H groups in total. The molecule has 4 aromatic carbocycles. The molecule has 15 heteroatoms. The van der Waals surface area contributed by atoms with Gasteiger partial charge in [-0.1, -0.05) is 48.5 Å². The molecule has 0 radical (unpaired) electrons. The number of ether oxygens (including phenoxy) is 3. The molecule has 330 valence electrons. The van der Waals surface area contributed by atoms with E-state index in [0.29, 0.717) is 55.7 Å². The monoisotopic (exact) mass is 870 g/mol. The second kappa shape index (κ2) is 19.1. The molecule has 15 nitrogen and oxygen atoms in total. The summed E-state index contributed by atoms with van der Waals surface area (Å²) in [6.45, 7) is 6.65. The molecule has 0 spiro atoms. The Morgan fingerprint density at radius 3 is 1.94 bits per heavy atom. The van der Waals surface area contributed by atoms with Crippen molar-refractivity contribution in [3.05, 3.63) is 157 Å². The summed E-state index contributed by atoms with van der Waals surface area (Å²) < 4.78 is 21.9. The zero-order chi connectivity index (χ0) is 44.0. The fraction of sp³-hybridized carbons (Fsp3) is 0.260. The normalized spacial score (nSPS) is 17.0. The summed E-state index contributed by atoms with van der Waals surface area (Å²) in [6, 6.07) is 39.5. The van der Waals surface area contributed by atoms with Gasteiger partial charge in [0, 0.05) is 63.1 Å². The van der Waals surface area contributed by atoms with Crippen molar-refractivity contribution in [1.82, 2.24) is 34.8 Å². The van der Waals surface area contributed by atoms with Crippen LogP contribution in [-0.2, 0) is 27.4 Å². The van der Waals surface area contributed by atoms with E-state index in [-0.39, 0.29) is 11.8 Å². The second-order valence-corrected chi connectivity index (χ2v) is 16.4. The number of fused-ring (bicyclic) bond motifs is 2. The lowest BCUT2D eigenvalue weighted by atomic mass is 10.1. The molecular weight excluding hydrogens is 821 g/mol. The molecule has 2 amide bonds. The highest BCUT2D eigenvalue weighted by Gasteiger charge is 2.33. The van der Waals surface area contributed by atoms with Crippen molar-refractivity contribution in [2.24, 2.45) is 0 Å². The predicted octanol–water partition coefficient (Wildman–Crippen LogP) is 6.13. The van der Waals surface area contributed by atoms with Gasteiger partial charge in [-0.2, -0.15) is 10.2 Å². The summed E-state index contributed by atoms with van der Waals surface area (Å²) in [7, 11) is 0. The van der Waals surface area contributed by atoms with E-state index >= 15 is 0 Å². The molecule has 3 aromatic heterocycles. The molecule has 2 unspecified atom stereocenters. The summed E-state index contributed by atoms with van der Waals surface area (Å²) in [4.78, 5) is 39.3. The summed E-state index contributed by atoms with van der Waals surface area (Å²) in [5, 5.41) is 14.8. The number of carbonyl (C=O) groups excluding carboxylic acids is 2. The minimum atomic E-state index is -0.786. The van der Waals surface area contributed by atoms with E-state index < -0.39 is 12.2 Å². The Bertz CT molecular complexity index is 2700. The lowest BCUT2D eigenvalue weighted by Gasteiger charge is -2.36. The third kappa shape index (κ3) is 9.71. The van der Waals surface area contributed by atoms with Crippen LogP contribution in [0.5, 0.6) is 11.5 Å². The van der Waals surface area contributed by atoms with Crippen LogP contribution in [-0.4, -0.2) is 106 Å². The number of benzene rings is 4. The summed E-state index contributed by atoms with van der Waals surface area (Å²) in [5.74, 6) is 1.16. The Kier molecular flexibility index (Phi) is 12.2. The van der Waals surface area contributed by atoms with Gasteiger partial charge in [-0.15, -0.1) is 0 Å². The number of aromatic nitrogens is 5. The molecule has 0 bridgehead atoms. The van der Waals surface area contributed by atoms with Gasteiger partial charge in [-0.3, -0.25) is 14.5 Å². The first-order valence-electron chi connectivity index (χ1n) is 22.1. The Morgan fingerprint density at radius 2 is 1.28 bits per heavy atom. The van der Waals surface area contributed by atoms with Gasteiger partial charge in [0.1, 0.15) is 17.3 Å². The highest BCUT2D eigenvalue weighted by atomic mass is 16.5. The Hall–Kier alpha value is -7.49. The third-order valence-electron chi connectivity index (χ3n) is 11.9. The van der Waals surface area contributed by atoms with E-state index in [9.17, 15) is 9.59 Å². The molecular formula is C50H50N10O5. The largest absolute Gasteiger partial charge is 0.477 e. The van der Waals surface area contributed by atoms with Crippen molar-refractivity contribution in [2.45, 2.75) is 31.7 Å². The lowest BCUT2D eigenvalue weighted by Crippen LogP contribution is -2.49. The van der Waals surface area contributed by atoms with Gasteiger partial charge in [-0.25, -0.2) is 14.3 Å². The number of nitrogens with one attached hydrogen (secondary N) is 2. The standard InChI is InChI=1S/C50H50N10O5/c61-49(51-21-4-24-56-27-29-63-30-28-56)46-34-58(33-37-13-18-40(19-14-37)60-26-6-23-53-60)43-20-15-38(31-45(43)65-46)41-7-3-10-48(54-41)55-50(62)47-35-57(42-8-1-2-9-44(42)64-47)32-36-11-16-39(17-12-36)59-25-5-22-52-59/h1-3,5-20,22-23,25-26,31,46-47H,4,21,24,27-30,32-35H2,(H,51,61)(H,54,55,62). The second-order valence-electron chi connectivity index (χ2n) is 16.4. The van der Waals surface area contributed by atoms with Gasteiger partial charge in [0.15, 0.2) is 12.2 Å². The molecule has 0 saturated carbocycles. The van der Waals surface area contributed by atoms with Crippen LogP contribution < -0.4 is 29.9 Å². The van der Waals surface area contributed by atoms with Gasteiger partial charge >= 0.3 is 0 Å². The minimum Gasteiger partial charge on any atom is -0.477 e. The van der Waals surface area contributed by atoms with Crippen molar-refractivity contribution < 1.29 is 23.8 Å². The summed E-state index contributed by atoms with van der Waals surface area (Å²) in [5.41, 5.74) is 7.33. The van der Waals surface area contributed by atoms with Gasteiger partial charge in [0.05, 0.1) is 54.7 Å². The van der Waals surface area contributed by atoms with Crippen LogP contribution in [0, 0.1) is 0 Å². The van der Waals surface area contributed by atoms with E-state index in [2.05, 4.69) is 59.8 Å². The molecule has 65 heavy (non-hydrogen) atoms. The number of morpholine rings is 1. The maximum Gasteiger partial charge on any atom is 0.268 e. The SMILES string of the molecule is O=C(NCCCN1CCOCC1)C1CN(Cc2ccc(-n3cccn3)cc2)c2ccc(-c3cccc(NC(=O)C4CN(Cc5ccc(-n6cccn6)cc5)c5ccccc5O4)n3)cc2O1. The molecule has 0 aliphatic carbocycles. The average Bonchev–Trinajstić information content (AvgIpc) is 4.10. The quantitative estimate of drug-likeness (QED) is 0.122. The van der Waals surface area contributed by atoms with Gasteiger partial charge < -0.3 is 34.6 Å². The topological polar surface area (TPSA) is 144 Å². The zero-order valence-electron chi connectivity index (χ0n) is 35.9. The highest BCUT2D eigenvalue weighted by Crippen LogP contribution is 2.38. The van der Waals surface area contributed by atoms with Crippen molar-refractivity contribution in [2.75, 3.05) is 67.6 Å². The lowest BCUT2D eigenvalue weighted by molar-refractivity contribution is -0.128. The third-order valence-corrected chi connectivity index (χ3v) is 11.9. The van der Waals surface area contributed by atoms with E-state index in [0.717, 1.165) is 78.7 Å². The number of hydrogen-bond donors (Lipinski definition) is 2. The first-order chi connectivity index (χ1) is 32.0. The number of amides is 2. The van der Waals surface area contributed by atoms with E-state index in [1.165, 1.54) is 0 Å². The molecule has 7 aromatic rings. The Labute approximate surface area is 377 Å². The maximum absolute atomic E-state index is 13.9. The molecule has 1 fully saturated rings. The Morgan fingerprint density at radius 1 is 0.646 bits per heavy atom. The fourth-order valence-corrected chi connectivity index (χ4v) is 8.51. The highest BCUT2D eigenvalue weighted by molar-refractivity contribution is 5.95. The number of anilines is 3. The number of pyridine rings is 1. The number of para-hydroxylation sites is 2. The first kappa shape index (κ1) is 41.5. The maximum atomic E-state index is 13.9. The van der Waals surface area contributed by atoms with E-state index in [1.807, 2.05) is 113 Å². The number of nitrogens with zero attached hydrogens (tertiary/aromatic N) is 8. The summed E-state index contributed by atoms with van der Waals surface area (Å²) in [6.07, 6.45) is 6.66. The molecule has 3 aliphatic rings. The van der Waals surface area contributed by atoms with Crippen molar-refractivity contribution >= 4 is 29.0 Å². The van der Waals surface area contributed by atoms with Gasteiger partial charge in [0.25, 0.3) is 11.8 Å². The molecule has 2 atom stereocenters. The van der Waals surface area contributed by atoms with Crippen LogP contribution in [0.25, 0.3) is 22.6 Å². The fourth-order valence-electron chi connectivity index (χ4n) is 8.51. The van der Waals surface area contributed by atoms with Crippen LogP contribution in [0.15, 0.2) is 146 Å². The average molecular weight is 871 g/mol. The van der Waals surface area contributed by atoms with Crippen molar-refractivity contribution in [1.29, 1.82) is 0 Å². The van der Waals surface area contributed by atoms with Crippen LogP contribution in [0.1, 0.15) is 17.5 Å². The van der Waals surface area contributed by atoms with Crippen LogP contribution in [0.2, 0.25) is 0 Å². The minimum absolute atomic E-state index is 0.153. The Balaban J connectivity index is 0.839. The predicted molar refractivity (Wildman–Crippen MR) is 248 cm³/mol. The van der Waals surface area contributed by atoms with Crippen molar-refractivity contribution in [3.63, 3.8) is 0 Å². The van der Waals surface area contributed by atoms with E-state index in [1.54, 1.807) is 18.5 Å². The molecule has 10 rings (SSSR count). The number of carbonyl (C=O) groups is 2. The van der Waals surface area contributed by atoms with Crippen LogP contribution >= 0.6 is 0 Å². The molecule has 3 aliphatic heterocycles. The zero-order valence-corrected chi connectivity index (χ0v) is 35.9. The molecule has 6 heterocycles. The van der Waals surface area contributed by atoms with Gasteiger partial charge in [-0.05, 0) is 96.9 Å². The smallest absolute Gasteiger partial charge is 0.268 e. The van der Waals surface area contributed by atoms with Crippen LogP contribution in [0.3, 0.4) is 0 Å². The van der Waals surface area contributed by atoms with Gasteiger partial charge in [0.2, 0.25) is 0 Å².